The lowest BCUT2D eigenvalue weighted by Gasteiger charge is -2.09. The summed E-state index contributed by atoms with van der Waals surface area (Å²) in [6.45, 7) is 0. The number of alkyl halides is 3. The van der Waals surface area contributed by atoms with Gasteiger partial charge in [0.25, 0.3) is 5.91 Å². The zero-order chi connectivity index (χ0) is 20.7. The summed E-state index contributed by atoms with van der Waals surface area (Å²) in [6, 6.07) is 8.00. The number of hydrogen-bond donors (Lipinski definition) is 2. The van der Waals surface area contributed by atoms with Gasteiger partial charge in [-0.15, -0.1) is 11.3 Å². The number of rotatable bonds is 5. The lowest BCUT2D eigenvalue weighted by Crippen LogP contribution is -2.28. The van der Waals surface area contributed by atoms with E-state index < -0.39 is 43.8 Å². The predicted molar refractivity (Wildman–Crippen MR) is 91.0 cm³/mol. The summed E-state index contributed by atoms with van der Waals surface area (Å²) in [7, 11) is -6.08. The largest absolute Gasteiger partial charge is 0.534 e. The molecule has 2 N–H and O–H groups in total. The Kier molecular flexibility index (Phi) is 4.81. The molecule has 3 rings (SSSR count). The molecule has 28 heavy (non-hydrogen) atoms. The third-order valence-electron chi connectivity index (χ3n) is 3.33. The molecule has 0 radical (unpaired) electrons. The van der Waals surface area contributed by atoms with E-state index in [2.05, 4.69) is 9.50 Å². The van der Waals surface area contributed by atoms with Crippen molar-refractivity contribution in [2.24, 2.45) is 0 Å². The third kappa shape index (κ3) is 3.66. The highest BCUT2D eigenvalue weighted by Gasteiger charge is 2.49. The summed E-state index contributed by atoms with van der Waals surface area (Å²) in [4.78, 5) is 23.7. The van der Waals surface area contributed by atoms with Gasteiger partial charge in [-0.1, -0.05) is 18.2 Å². The average molecular weight is 435 g/mol. The lowest BCUT2D eigenvalue weighted by molar-refractivity contribution is -0.0500. The number of fused-ring (bicyclic) bond motifs is 1. The fraction of sp³-hybridized carbons (Fsp3) is 0.0667. The zero-order valence-corrected chi connectivity index (χ0v) is 14.9. The van der Waals surface area contributed by atoms with E-state index in [1.807, 2.05) is 0 Å². The van der Waals surface area contributed by atoms with Crippen LogP contribution in [0.4, 0.5) is 18.2 Å². The minimum Gasteiger partial charge on any atom is -0.477 e. The van der Waals surface area contributed by atoms with Crippen LogP contribution < -0.4 is 9.50 Å². The van der Waals surface area contributed by atoms with E-state index in [0.717, 1.165) is 5.38 Å². The smallest absolute Gasteiger partial charge is 0.477 e. The van der Waals surface area contributed by atoms with Gasteiger partial charge in [-0.3, -0.25) is 4.79 Å². The predicted octanol–water partition coefficient (Wildman–Crippen LogP) is 3.67. The summed E-state index contributed by atoms with van der Waals surface area (Å²) in [6.07, 6.45) is 0. The Hall–Kier alpha value is -3.06. The molecule has 0 aliphatic carbocycles. The first kappa shape index (κ1) is 19.7. The highest BCUT2D eigenvalue weighted by Crippen LogP contribution is 2.37. The van der Waals surface area contributed by atoms with Gasteiger partial charge in [0.15, 0.2) is 11.5 Å². The SMILES string of the molecule is O=C(Nc1scc(OS(=O)(=O)C(F)(F)F)c1C(=O)O)c1cc2ccccc2o1. The molecule has 0 bridgehead atoms. The standard InChI is InChI=1S/C15H8F3NO7S2/c16-15(17,18)28(23,24)26-10-6-27-13(11(10)14(21)22)19-12(20)9-5-7-3-1-2-4-8(7)25-9/h1-6H,(H,19,20)(H,21,22). The van der Waals surface area contributed by atoms with Crippen molar-refractivity contribution in [2.45, 2.75) is 5.51 Å². The number of amides is 1. The van der Waals surface area contributed by atoms with Gasteiger partial charge in [-0.25, -0.2) is 4.79 Å². The van der Waals surface area contributed by atoms with Crippen molar-refractivity contribution in [2.75, 3.05) is 5.32 Å². The second-order valence-corrected chi connectivity index (χ2v) is 7.61. The number of hydrogen-bond acceptors (Lipinski definition) is 7. The van der Waals surface area contributed by atoms with Gasteiger partial charge in [-0.2, -0.15) is 21.6 Å². The van der Waals surface area contributed by atoms with Crippen LogP contribution in [-0.2, 0) is 10.1 Å². The topological polar surface area (TPSA) is 123 Å². The summed E-state index contributed by atoms with van der Waals surface area (Å²) in [5.74, 6) is -3.94. The summed E-state index contributed by atoms with van der Waals surface area (Å²) in [5.41, 5.74) is -6.30. The molecule has 0 fully saturated rings. The number of carboxylic acid groups (broad SMARTS) is 1. The van der Waals surface area contributed by atoms with Crippen LogP contribution in [-0.4, -0.2) is 30.9 Å². The number of carbonyl (C=O) groups is 2. The second-order valence-electron chi connectivity index (χ2n) is 5.20. The van der Waals surface area contributed by atoms with Crippen molar-refractivity contribution in [3.8, 4) is 5.75 Å². The van der Waals surface area contributed by atoms with Crippen LogP contribution in [0, 0.1) is 0 Å². The lowest BCUT2D eigenvalue weighted by atomic mass is 10.2. The van der Waals surface area contributed by atoms with Crippen molar-refractivity contribution >= 4 is 49.3 Å². The zero-order valence-electron chi connectivity index (χ0n) is 13.3. The van der Waals surface area contributed by atoms with Gasteiger partial charge >= 0.3 is 21.6 Å². The Bertz CT molecular complexity index is 1140. The van der Waals surface area contributed by atoms with Crippen LogP contribution >= 0.6 is 11.3 Å². The van der Waals surface area contributed by atoms with Crippen LogP contribution in [0.15, 0.2) is 40.1 Å². The van der Waals surface area contributed by atoms with Crippen LogP contribution in [0.2, 0.25) is 0 Å². The minimum absolute atomic E-state index is 0.184. The number of carbonyl (C=O) groups excluding carboxylic acids is 1. The van der Waals surface area contributed by atoms with E-state index in [4.69, 9.17) is 4.42 Å². The first-order valence-electron chi connectivity index (χ1n) is 7.15. The van der Waals surface area contributed by atoms with Gasteiger partial charge in [0.1, 0.15) is 16.1 Å². The van der Waals surface area contributed by atoms with Crippen molar-refractivity contribution in [1.82, 2.24) is 0 Å². The van der Waals surface area contributed by atoms with Gasteiger partial charge in [0.2, 0.25) is 0 Å². The Labute approximate surface area is 158 Å². The number of anilines is 1. The Balaban J connectivity index is 1.91. The van der Waals surface area contributed by atoms with Gasteiger partial charge in [0, 0.05) is 10.8 Å². The molecule has 0 unspecified atom stereocenters. The maximum atomic E-state index is 12.5. The van der Waals surface area contributed by atoms with Crippen molar-refractivity contribution in [3.63, 3.8) is 0 Å². The maximum Gasteiger partial charge on any atom is 0.534 e. The highest BCUT2D eigenvalue weighted by molar-refractivity contribution is 7.88. The molecule has 13 heteroatoms. The summed E-state index contributed by atoms with van der Waals surface area (Å²) >= 11 is 0.474. The van der Waals surface area contributed by atoms with E-state index in [1.54, 1.807) is 24.3 Å². The molecule has 0 saturated carbocycles. The van der Waals surface area contributed by atoms with E-state index in [9.17, 15) is 36.3 Å². The number of carboxylic acids is 1. The highest BCUT2D eigenvalue weighted by atomic mass is 32.2. The molecule has 2 aromatic heterocycles. The van der Waals surface area contributed by atoms with Crippen LogP contribution in [0.25, 0.3) is 11.0 Å². The molecule has 3 aromatic rings. The van der Waals surface area contributed by atoms with E-state index >= 15 is 0 Å². The Morgan fingerprint density at radius 3 is 2.50 bits per heavy atom. The fourth-order valence-electron chi connectivity index (χ4n) is 2.12. The van der Waals surface area contributed by atoms with Gasteiger partial charge < -0.3 is 19.0 Å². The maximum absolute atomic E-state index is 12.5. The number of aromatic carboxylic acids is 1. The van der Waals surface area contributed by atoms with Gasteiger partial charge in [0.05, 0.1) is 0 Å². The van der Waals surface area contributed by atoms with E-state index in [0.29, 0.717) is 22.3 Å². The number of nitrogens with one attached hydrogen (secondary N) is 1. The number of benzene rings is 1. The first-order valence-corrected chi connectivity index (χ1v) is 9.44. The van der Waals surface area contributed by atoms with Crippen molar-refractivity contribution in [3.05, 3.63) is 47.0 Å². The molecule has 148 valence electrons. The quantitative estimate of drug-likeness (QED) is 0.463. The van der Waals surface area contributed by atoms with Crippen molar-refractivity contribution < 1.29 is 44.9 Å². The average Bonchev–Trinajstić information content (AvgIpc) is 3.17. The van der Waals surface area contributed by atoms with E-state index in [1.165, 1.54) is 6.07 Å². The Morgan fingerprint density at radius 2 is 1.89 bits per heavy atom. The molecule has 0 atom stereocenters. The Morgan fingerprint density at radius 1 is 1.21 bits per heavy atom. The first-order chi connectivity index (χ1) is 13.0. The normalized spacial score (nSPS) is 12.1. The molecular weight excluding hydrogens is 427 g/mol. The molecule has 1 amide bonds. The molecule has 0 saturated heterocycles. The van der Waals surface area contributed by atoms with Crippen LogP contribution in [0.5, 0.6) is 5.75 Å². The molecule has 8 nitrogen and oxygen atoms in total. The summed E-state index contributed by atoms with van der Waals surface area (Å²) in [5, 5.41) is 12.3. The molecule has 0 spiro atoms. The van der Waals surface area contributed by atoms with Crippen LogP contribution in [0.3, 0.4) is 0 Å². The molecular formula is C15H8F3NO7S2. The van der Waals surface area contributed by atoms with Crippen LogP contribution in [0.1, 0.15) is 20.9 Å². The second kappa shape index (κ2) is 6.83. The summed E-state index contributed by atoms with van der Waals surface area (Å²) < 4.78 is 68.8. The fourth-order valence-corrected chi connectivity index (χ4v) is 3.49. The van der Waals surface area contributed by atoms with Gasteiger partial charge in [-0.05, 0) is 12.1 Å². The molecule has 0 aliphatic heterocycles. The number of para-hydroxylation sites is 1. The van der Waals surface area contributed by atoms with E-state index in [-0.39, 0.29) is 5.76 Å². The number of thiophene rings is 1. The molecule has 0 aliphatic rings. The monoisotopic (exact) mass is 435 g/mol. The number of halogens is 3. The molecule has 2 heterocycles. The number of furan rings is 1. The van der Waals surface area contributed by atoms with Crippen molar-refractivity contribution in [1.29, 1.82) is 0 Å². The minimum atomic E-state index is -6.08. The molecule has 1 aromatic carbocycles. The third-order valence-corrected chi connectivity index (χ3v) is 5.17.